The van der Waals surface area contributed by atoms with Crippen LogP contribution in [0.5, 0.6) is 5.75 Å². The third-order valence-corrected chi connectivity index (χ3v) is 9.47. The summed E-state index contributed by atoms with van der Waals surface area (Å²) in [7, 11) is -1.95. The Balaban J connectivity index is 1.19. The lowest BCUT2D eigenvalue weighted by molar-refractivity contribution is 0.0234. The number of methoxy groups -OCH3 is 1. The molecule has 2 aromatic carbocycles. The van der Waals surface area contributed by atoms with Gasteiger partial charge >= 0.3 is 5.97 Å². The van der Waals surface area contributed by atoms with E-state index in [-0.39, 0.29) is 11.0 Å². The van der Waals surface area contributed by atoms with Crippen LogP contribution in [0.1, 0.15) is 30.6 Å². The number of piperidine rings is 1. The number of para-hydroxylation sites is 1. The summed E-state index contributed by atoms with van der Waals surface area (Å²) in [4.78, 5) is 19.6. The third-order valence-electron chi connectivity index (χ3n) is 6.55. The fraction of sp³-hybridized carbons (Fsp3) is 0.440. The smallest absolute Gasteiger partial charge is 0.338 e. The van der Waals surface area contributed by atoms with E-state index in [1.165, 1.54) is 24.3 Å². The lowest BCUT2D eigenvalue weighted by Gasteiger charge is -2.38. The number of hydrogen-bond donors (Lipinski definition) is 0. The number of carbonyl (C=O) groups excluding carboxylic acids is 1. The number of fused-ring (bicyclic) bond motifs is 1. The molecule has 2 aliphatic rings. The first-order chi connectivity index (χ1) is 16.7. The number of sulfonamides is 1. The van der Waals surface area contributed by atoms with Gasteiger partial charge in [0.1, 0.15) is 17.4 Å². The summed E-state index contributed by atoms with van der Waals surface area (Å²) < 4.78 is 39.7. The summed E-state index contributed by atoms with van der Waals surface area (Å²) in [6, 6.07) is 11.9. The maximum Gasteiger partial charge on any atom is 0.338 e. The highest BCUT2D eigenvalue weighted by Crippen LogP contribution is 2.36. The van der Waals surface area contributed by atoms with Gasteiger partial charge in [-0.2, -0.15) is 4.31 Å². The molecule has 1 aromatic heterocycles. The first kappa shape index (κ1) is 24.0. The van der Waals surface area contributed by atoms with Gasteiger partial charge in [0.2, 0.25) is 10.0 Å². The molecule has 0 spiro atoms. The molecule has 8 nitrogen and oxygen atoms in total. The van der Waals surface area contributed by atoms with Crippen LogP contribution in [0.4, 0.5) is 5.13 Å². The molecule has 0 amide bonds. The molecule has 2 atom stereocenters. The summed E-state index contributed by atoms with van der Waals surface area (Å²) >= 11 is 1.58. The molecule has 3 aromatic rings. The van der Waals surface area contributed by atoms with Crippen LogP contribution in [-0.4, -0.2) is 63.1 Å². The quantitative estimate of drug-likeness (QED) is 0.458. The number of esters is 1. The molecule has 0 bridgehead atoms. The highest BCUT2D eigenvalue weighted by atomic mass is 32.2. The molecule has 2 saturated heterocycles. The van der Waals surface area contributed by atoms with E-state index in [1.54, 1.807) is 22.8 Å². The van der Waals surface area contributed by atoms with Crippen molar-refractivity contribution < 1.29 is 22.7 Å². The number of thiazole rings is 1. The molecule has 5 rings (SSSR count). The Morgan fingerprint density at radius 3 is 2.37 bits per heavy atom. The first-order valence-corrected chi connectivity index (χ1v) is 14.0. The van der Waals surface area contributed by atoms with Crippen molar-refractivity contribution in [3.63, 3.8) is 0 Å². The molecule has 2 unspecified atom stereocenters. The Morgan fingerprint density at radius 2 is 1.71 bits per heavy atom. The first-order valence-electron chi connectivity index (χ1n) is 11.7. The minimum absolute atomic E-state index is 0.205. The zero-order chi connectivity index (χ0) is 24.7. The Hall–Kier alpha value is -2.69. The number of hydrogen-bond acceptors (Lipinski definition) is 8. The normalized spacial score (nSPS) is 21.6. The van der Waals surface area contributed by atoms with E-state index < -0.39 is 16.0 Å². The van der Waals surface area contributed by atoms with E-state index in [2.05, 4.69) is 23.7 Å². The van der Waals surface area contributed by atoms with Gasteiger partial charge in [-0.15, -0.1) is 0 Å². The number of benzene rings is 2. The summed E-state index contributed by atoms with van der Waals surface area (Å²) in [6.45, 7) is 6.32. The fourth-order valence-electron chi connectivity index (χ4n) is 4.81. The molecule has 10 heteroatoms. The maximum absolute atomic E-state index is 13.1. The molecule has 3 heterocycles. The van der Waals surface area contributed by atoms with E-state index in [0.717, 1.165) is 27.5 Å². The van der Waals surface area contributed by atoms with Crippen LogP contribution in [-0.2, 0) is 14.8 Å². The monoisotopic (exact) mass is 515 g/mol. The van der Waals surface area contributed by atoms with Crippen molar-refractivity contribution in [3.8, 4) is 5.75 Å². The van der Waals surface area contributed by atoms with Crippen LogP contribution < -0.4 is 9.64 Å². The van der Waals surface area contributed by atoms with Crippen LogP contribution in [0.3, 0.4) is 0 Å². The highest BCUT2D eigenvalue weighted by Gasteiger charge is 2.34. The second kappa shape index (κ2) is 9.40. The molecule has 0 radical (unpaired) electrons. The third kappa shape index (κ3) is 4.74. The van der Waals surface area contributed by atoms with Gasteiger partial charge in [-0.05, 0) is 54.7 Å². The molecule has 2 fully saturated rings. The summed E-state index contributed by atoms with van der Waals surface area (Å²) in [5.74, 6) is 0.942. The molecule has 0 aliphatic carbocycles. The summed E-state index contributed by atoms with van der Waals surface area (Å²) in [5.41, 5.74) is 1.17. The van der Waals surface area contributed by atoms with Crippen molar-refractivity contribution in [2.75, 3.05) is 38.2 Å². The van der Waals surface area contributed by atoms with E-state index in [1.807, 2.05) is 18.2 Å². The van der Waals surface area contributed by atoms with E-state index in [9.17, 15) is 13.2 Å². The summed E-state index contributed by atoms with van der Waals surface area (Å²) in [6.07, 6.45) is 0.791. The van der Waals surface area contributed by atoms with Gasteiger partial charge in [0, 0.05) is 13.1 Å². The minimum atomic E-state index is -3.58. The predicted octanol–water partition coefficient (Wildman–Crippen LogP) is 4.02. The van der Waals surface area contributed by atoms with Crippen LogP contribution >= 0.6 is 11.3 Å². The average molecular weight is 516 g/mol. The number of aromatic nitrogens is 1. The summed E-state index contributed by atoms with van der Waals surface area (Å²) in [5, 5.41) is 0.868. The Bertz CT molecular complexity index is 1320. The second-order valence-electron chi connectivity index (χ2n) is 9.53. The number of carbonyl (C=O) groups is 1. The number of ether oxygens (including phenoxy) is 2. The SMILES string of the molecule is COc1cccc2sc(N3CC(OC(=O)c4ccc(S(=O)(=O)N5CC(C)CC(C)C5)cc4)C3)nc12. The van der Waals surface area contributed by atoms with Crippen molar-refractivity contribution in [3.05, 3.63) is 48.0 Å². The van der Waals surface area contributed by atoms with Crippen molar-refractivity contribution in [1.29, 1.82) is 0 Å². The molecular formula is C25H29N3O5S2. The van der Waals surface area contributed by atoms with E-state index >= 15 is 0 Å². The average Bonchev–Trinajstić information content (AvgIpc) is 3.24. The Labute approximate surface area is 209 Å². The molecular weight excluding hydrogens is 486 g/mol. The number of nitrogens with zero attached hydrogens (tertiary/aromatic N) is 3. The van der Waals surface area contributed by atoms with Gasteiger partial charge in [-0.1, -0.05) is 31.3 Å². The Kier molecular flexibility index (Phi) is 6.45. The zero-order valence-corrected chi connectivity index (χ0v) is 21.6. The molecule has 186 valence electrons. The van der Waals surface area contributed by atoms with Gasteiger partial charge in [0.25, 0.3) is 0 Å². The number of rotatable bonds is 6. The minimum Gasteiger partial charge on any atom is -0.494 e. The lowest BCUT2D eigenvalue weighted by atomic mass is 9.94. The Morgan fingerprint density at radius 1 is 1.03 bits per heavy atom. The predicted molar refractivity (Wildman–Crippen MR) is 136 cm³/mol. The van der Waals surface area contributed by atoms with Gasteiger partial charge in [0.05, 0.1) is 35.4 Å². The van der Waals surface area contributed by atoms with Gasteiger partial charge in [-0.3, -0.25) is 0 Å². The molecule has 35 heavy (non-hydrogen) atoms. The van der Waals surface area contributed by atoms with Crippen molar-refractivity contribution >= 4 is 42.7 Å². The van der Waals surface area contributed by atoms with E-state index in [0.29, 0.717) is 43.6 Å². The maximum atomic E-state index is 13.1. The zero-order valence-electron chi connectivity index (χ0n) is 20.0. The van der Waals surface area contributed by atoms with Crippen LogP contribution in [0.2, 0.25) is 0 Å². The second-order valence-corrected chi connectivity index (χ2v) is 12.5. The topological polar surface area (TPSA) is 89.0 Å². The standard InChI is InChI=1S/C25H29N3O5S2/c1-16-11-17(2)13-28(12-16)35(30,31)20-9-7-18(8-10-20)24(29)33-19-14-27(15-19)25-26-23-21(32-3)5-4-6-22(23)34-25/h4-10,16-17,19H,11-15H2,1-3H3. The van der Waals surface area contributed by atoms with Crippen LogP contribution in [0, 0.1) is 11.8 Å². The number of anilines is 1. The van der Waals surface area contributed by atoms with Crippen molar-refractivity contribution in [2.45, 2.75) is 31.3 Å². The molecule has 0 saturated carbocycles. The molecule has 2 aliphatic heterocycles. The van der Waals surface area contributed by atoms with Crippen LogP contribution in [0.25, 0.3) is 10.2 Å². The fourth-order valence-corrected chi connectivity index (χ4v) is 7.49. The lowest BCUT2D eigenvalue weighted by Crippen LogP contribution is -2.53. The van der Waals surface area contributed by atoms with Gasteiger partial charge in [0.15, 0.2) is 5.13 Å². The van der Waals surface area contributed by atoms with Gasteiger partial charge in [-0.25, -0.2) is 18.2 Å². The largest absolute Gasteiger partial charge is 0.494 e. The van der Waals surface area contributed by atoms with Crippen molar-refractivity contribution in [2.24, 2.45) is 11.8 Å². The van der Waals surface area contributed by atoms with Gasteiger partial charge < -0.3 is 14.4 Å². The highest BCUT2D eigenvalue weighted by molar-refractivity contribution is 7.89. The van der Waals surface area contributed by atoms with E-state index in [4.69, 9.17) is 9.47 Å². The van der Waals surface area contributed by atoms with Crippen LogP contribution in [0.15, 0.2) is 47.4 Å². The van der Waals surface area contributed by atoms with Crippen molar-refractivity contribution in [1.82, 2.24) is 9.29 Å². The molecule has 0 N–H and O–H groups in total.